The van der Waals surface area contributed by atoms with Gasteiger partial charge in [0, 0.05) is 6.07 Å². The molecule has 0 aromatic heterocycles. The summed E-state index contributed by atoms with van der Waals surface area (Å²) in [5.74, 6) is 0.246. The molecule has 0 spiro atoms. The highest BCUT2D eigenvalue weighted by atomic mass is 16.6. The maximum absolute atomic E-state index is 12.4. The molecule has 1 amide bonds. The number of anilines is 1. The average molecular weight is 316 g/mol. The van der Waals surface area contributed by atoms with E-state index in [1.54, 1.807) is 24.3 Å². The van der Waals surface area contributed by atoms with Crippen LogP contribution in [0.2, 0.25) is 0 Å². The third-order valence-corrected chi connectivity index (χ3v) is 3.08. The summed E-state index contributed by atoms with van der Waals surface area (Å²) in [6.45, 7) is 2.26. The molecule has 7 nitrogen and oxygen atoms in total. The average Bonchev–Trinajstić information content (AvgIpc) is 2.56. The Hall–Kier alpha value is -3.09. The number of ether oxygens (including phenoxy) is 2. The maximum Gasteiger partial charge on any atom is 0.282 e. The van der Waals surface area contributed by atoms with Crippen molar-refractivity contribution >= 4 is 17.3 Å². The summed E-state index contributed by atoms with van der Waals surface area (Å²) in [5, 5.41) is 13.7. The number of amides is 1. The summed E-state index contributed by atoms with van der Waals surface area (Å²) in [6.07, 6.45) is 0. The topological polar surface area (TPSA) is 90.7 Å². The van der Waals surface area contributed by atoms with E-state index in [-0.39, 0.29) is 11.3 Å². The quantitative estimate of drug-likeness (QED) is 0.652. The largest absolute Gasteiger partial charge is 0.497 e. The molecule has 0 heterocycles. The first-order chi connectivity index (χ1) is 11.1. The number of hydrogen-bond acceptors (Lipinski definition) is 5. The molecule has 0 saturated heterocycles. The summed E-state index contributed by atoms with van der Waals surface area (Å²) in [5.41, 5.74) is 0.0642. The molecule has 0 unspecified atom stereocenters. The SMILES string of the molecule is CCOc1ccccc1NC(=O)c1cc(OC)ccc1[N+](=O)[O-]. The Labute approximate surface area is 133 Å². The van der Waals surface area contributed by atoms with Crippen molar-refractivity contribution in [1.82, 2.24) is 0 Å². The van der Waals surface area contributed by atoms with Gasteiger partial charge >= 0.3 is 0 Å². The van der Waals surface area contributed by atoms with Crippen LogP contribution in [0, 0.1) is 10.1 Å². The lowest BCUT2D eigenvalue weighted by molar-refractivity contribution is -0.385. The van der Waals surface area contributed by atoms with E-state index in [0.717, 1.165) is 0 Å². The molecule has 0 atom stereocenters. The zero-order valence-electron chi connectivity index (χ0n) is 12.7. The number of carbonyl (C=O) groups excluding carboxylic acids is 1. The van der Waals surface area contributed by atoms with Crippen molar-refractivity contribution in [3.63, 3.8) is 0 Å². The summed E-state index contributed by atoms with van der Waals surface area (Å²) >= 11 is 0. The second kappa shape index (κ2) is 7.26. The lowest BCUT2D eigenvalue weighted by Crippen LogP contribution is -2.15. The minimum atomic E-state index is -0.609. The fraction of sp³-hybridized carbons (Fsp3) is 0.188. The van der Waals surface area contributed by atoms with Crippen molar-refractivity contribution in [3.05, 3.63) is 58.1 Å². The molecule has 0 bridgehead atoms. The number of nitrogens with zero attached hydrogens (tertiary/aromatic N) is 1. The molecule has 0 fully saturated rings. The maximum atomic E-state index is 12.4. The van der Waals surface area contributed by atoms with Crippen LogP contribution in [-0.2, 0) is 0 Å². The van der Waals surface area contributed by atoms with E-state index in [9.17, 15) is 14.9 Å². The van der Waals surface area contributed by atoms with Crippen molar-refractivity contribution in [1.29, 1.82) is 0 Å². The lowest BCUT2D eigenvalue weighted by atomic mass is 10.1. The van der Waals surface area contributed by atoms with E-state index in [1.165, 1.54) is 25.3 Å². The first-order valence-electron chi connectivity index (χ1n) is 6.92. The van der Waals surface area contributed by atoms with Gasteiger partial charge in [-0.15, -0.1) is 0 Å². The molecule has 0 aliphatic carbocycles. The van der Waals surface area contributed by atoms with Crippen LogP contribution >= 0.6 is 0 Å². The van der Waals surface area contributed by atoms with Gasteiger partial charge in [-0.2, -0.15) is 0 Å². The molecule has 0 aliphatic rings. The summed E-state index contributed by atoms with van der Waals surface area (Å²) in [4.78, 5) is 22.9. The van der Waals surface area contributed by atoms with Crippen LogP contribution in [0.3, 0.4) is 0 Å². The number of nitro benzene ring substituents is 1. The van der Waals surface area contributed by atoms with Crippen LogP contribution in [0.4, 0.5) is 11.4 Å². The van der Waals surface area contributed by atoms with Crippen LogP contribution < -0.4 is 14.8 Å². The molecular formula is C16H16N2O5. The Morgan fingerprint density at radius 3 is 2.65 bits per heavy atom. The molecule has 1 N–H and O–H groups in total. The van der Waals surface area contributed by atoms with E-state index in [0.29, 0.717) is 23.8 Å². The lowest BCUT2D eigenvalue weighted by Gasteiger charge is -2.11. The number of rotatable bonds is 6. The van der Waals surface area contributed by atoms with Gasteiger partial charge in [-0.3, -0.25) is 14.9 Å². The standard InChI is InChI=1S/C16H16N2O5/c1-3-23-15-7-5-4-6-13(15)17-16(19)12-10-11(22-2)8-9-14(12)18(20)21/h4-10H,3H2,1-2H3,(H,17,19). The van der Waals surface area contributed by atoms with Crippen molar-refractivity contribution in [3.8, 4) is 11.5 Å². The molecule has 0 aliphatic heterocycles. The highest BCUT2D eigenvalue weighted by Gasteiger charge is 2.22. The Bertz CT molecular complexity index is 730. The molecule has 2 rings (SSSR count). The van der Waals surface area contributed by atoms with Crippen LogP contribution in [-0.4, -0.2) is 24.5 Å². The zero-order chi connectivity index (χ0) is 16.8. The van der Waals surface area contributed by atoms with Gasteiger partial charge in [-0.05, 0) is 31.2 Å². The molecule has 0 radical (unpaired) electrons. The van der Waals surface area contributed by atoms with Crippen molar-refractivity contribution < 1.29 is 19.2 Å². The fourth-order valence-corrected chi connectivity index (χ4v) is 2.02. The summed E-state index contributed by atoms with van der Waals surface area (Å²) < 4.78 is 10.4. The molecule has 7 heteroatoms. The zero-order valence-corrected chi connectivity index (χ0v) is 12.7. The monoisotopic (exact) mass is 316 g/mol. The van der Waals surface area contributed by atoms with Crippen molar-refractivity contribution in [2.24, 2.45) is 0 Å². The summed E-state index contributed by atoms with van der Waals surface area (Å²) in [7, 11) is 1.42. The van der Waals surface area contributed by atoms with E-state index >= 15 is 0 Å². The van der Waals surface area contributed by atoms with E-state index in [1.807, 2.05) is 6.92 Å². The Morgan fingerprint density at radius 1 is 1.26 bits per heavy atom. The third-order valence-electron chi connectivity index (χ3n) is 3.08. The minimum Gasteiger partial charge on any atom is -0.497 e. The van der Waals surface area contributed by atoms with Crippen molar-refractivity contribution in [2.75, 3.05) is 19.0 Å². The third kappa shape index (κ3) is 3.76. The first-order valence-corrected chi connectivity index (χ1v) is 6.92. The Kier molecular flexibility index (Phi) is 5.14. The smallest absolute Gasteiger partial charge is 0.282 e. The number of methoxy groups -OCH3 is 1. The first kappa shape index (κ1) is 16.3. The van der Waals surface area contributed by atoms with Gasteiger partial charge in [-0.1, -0.05) is 12.1 Å². The Morgan fingerprint density at radius 2 is 2.00 bits per heavy atom. The number of nitrogens with one attached hydrogen (secondary N) is 1. The highest BCUT2D eigenvalue weighted by molar-refractivity contribution is 6.08. The molecule has 2 aromatic carbocycles. The van der Waals surface area contributed by atoms with Gasteiger partial charge in [0.25, 0.3) is 11.6 Å². The minimum absolute atomic E-state index is 0.0827. The fourth-order valence-electron chi connectivity index (χ4n) is 2.02. The van der Waals surface area contributed by atoms with E-state index < -0.39 is 10.8 Å². The molecular weight excluding hydrogens is 300 g/mol. The van der Waals surface area contributed by atoms with Crippen LogP contribution in [0.25, 0.3) is 0 Å². The number of para-hydroxylation sites is 2. The summed E-state index contributed by atoms with van der Waals surface area (Å²) in [6, 6.07) is 10.9. The highest BCUT2D eigenvalue weighted by Crippen LogP contribution is 2.28. The normalized spacial score (nSPS) is 10.0. The molecule has 120 valence electrons. The molecule has 23 heavy (non-hydrogen) atoms. The van der Waals surface area contributed by atoms with Gasteiger partial charge in [-0.25, -0.2) is 0 Å². The second-order valence-electron chi connectivity index (χ2n) is 4.52. The predicted octanol–water partition coefficient (Wildman–Crippen LogP) is 3.25. The molecule has 2 aromatic rings. The predicted molar refractivity (Wildman–Crippen MR) is 85.2 cm³/mol. The van der Waals surface area contributed by atoms with Gasteiger partial charge in [0.2, 0.25) is 0 Å². The number of hydrogen-bond donors (Lipinski definition) is 1. The van der Waals surface area contributed by atoms with E-state index in [4.69, 9.17) is 9.47 Å². The second-order valence-corrected chi connectivity index (χ2v) is 4.52. The number of benzene rings is 2. The van der Waals surface area contributed by atoms with Crippen LogP contribution in [0.5, 0.6) is 11.5 Å². The Balaban J connectivity index is 2.36. The van der Waals surface area contributed by atoms with Crippen LogP contribution in [0.1, 0.15) is 17.3 Å². The van der Waals surface area contributed by atoms with Gasteiger partial charge in [0.1, 0.15) is 17.1 Å². The van der Waals surface area contributed by atoms with Gasteiger partial charge in [0.05, 0.1) is 24.3 Å². The number of carbonyl (C=O) groups is 1. The van der Waals surface area contributed by atoms with E-state index in [2.05, 4.69) is 5.32 Å². The number of nitro groups is 1. The van der Waals surface area contributed by atoms with Gasteiger partial charge < -0.3 is 14.8 Å². The molecule has 0 saturated carbocycles. The van der Waals surface area contributed by atoms with Gasteiger partial charge in [0.15, 0.2) is 0 Å². The van der Waals surface area contributed by atoms with Crippen molar-refractivity contribution in [2.45, 2.75) is 6.92 Å². The van der Waals surface area contributed by atoms with Crippen LogP contribution in [0.15, 0.2) is 42.5 Å².